The topological polar surface area (TPSA) is 103 Å². The Morgan fingerprint density at radius 3 is 2.88 bits per heavy atom. The van der Waals surface area contributed by atoms with Gasteiger partial charge in [0.1, 0.15) is 16.7 Å². The zero-order chi connectivity index (χ0) is 23.1. The lowest BCUT2D eigenvalue weighted by Crippen LogP contribution is -2.34. The first-order valence-corrected chi connectivity index (χ1v) is 11.5. The first kappa shape index (κ1) is 21.5. The lowest BCUT2D eigenvalue weighted by atomic mass is 9.85. The Labute approximate surface area is 195 Å². The first-order chi connectivity index (χ1) is 15.9. The third-order valence-electron chi connectivity index (χ3n) is 6.60. The van der Waals surface area contributed by atoms with Gasteiger partial charge in [-0.3, -0.25) is 9.59 Å². The number of pyridine rings is 1. The van der Waals surface area contributed by atoms with Crippen LogP contribution in [0.3, 0.4) is 0 Å². The van der Waals surface area contributed by atoms with E-state index < -0.39 is 0 Å². The Hall–Kier alpha value is -3.32. The predicted molar refractivity (Wildman–Crippen MR) is 130 cm³/mol. The summed E-state index contributed by atoms with van der Waals surface area (Å²) in [6.07, 6.45) is 3.64. The molecule has 0 aliphatic heterocycles. The molecule has 1 amide bonds. The van der Waals surface area contributed by atoms with E-state index in [0.717, 1.165) is 36.6 Å². The van der Waals surface area contributed by atoms with E-state index in [2.05, 4.69) is 10.5 Å². The molecule has 2 heterocycles. The lowest BCUT2D eigenvalue weighted by Gasteiger charge is -2.31. The molecule has 2 aromatic heterocycles. The summed E-state index contributed by atoms with van der Waals surface area (Å²) in [6.45, 7) is 2.30. The van der Waals surface area contributed by atoms with Crippen LogP contribution in [0.4, 0.5) is 5.69 Å². The lowest BCUT2D eigenvalue weighted by molar-refractivity contribution is 0.0940. The van der Waals surface area contributed by atoms with Gasteiger partial charge in [0.2, 0.25) is 0 Å². The molecule has 33 heavy (non-hydrogen) atoms. The highest BCUT2D eigenvalue weighted by molar-refractivity contribution is 6.37. The average Bonchev–Trinajstić information content (AvgIpc) is 3.19. The number of halogens is 1. The summed E-state index contributed by atoms with van der Waals surface area (Å²) in [7, 11) is 0. The van der Waals surface area contributed by atoms with Crippen molar-refractivity contribution in [2.45, 2.75) is 38.6 Å². The van der Waals surface area contributed by atoms with E-state index in [9.17, 15) is 9.59 Å². The van der Waals surface area contributed by atoms with Crippen LogP contribution in [0.5, 0.6) is 0 Å². The molecule has 5 rings (SSSR count). The summed E-state index contributed by atoms with van der Waals surface area (Å²) in [6, 6.07) is 12.5. The molecule has 1 aliphatic carbocycles. The maximum absolute atomic E-state index is 13.6. The number of carbonyl (C=O) groups excluding carboxylic acids is 1. The van der Waals surface area contributed by atoms with Gasteiger partial charge in [-0.2, -0.15) is 0 Å². The fourth-order valence-corrected chi connectivity index (χ4v) is 5.30. The fourth-order valence-electron chi connectivity index (χ4n) is 5.04. The number of nitrogen functional groups attached to an aromatic ring is 1. The normalized spacial score (nSPS) is 18.6. The van der Waals surface area contributed by atoms with Crippen molar-refractivity contribution in [3.05, 3.63) is 69.2 Å². The number of hydrogen-bond donors (Lipinski definition) is 2. The van der Waals surface area contributed by atoms with Gasteiger partial charge in [0.25, 0.3) is 11.5 Å². The van der Waals surface area contributed by atoms with Crippen molar-refractivity contribution in [2.75, 3.05) is 12.3 Å². The molecule has 0 radical (unpaired) electrons. The molecule has 1 saturated carbocycles. The highest BCUT2D eigenvalue weighted by atomic mass is 35.5. The van der Waals surface area contributed by atoms with Gasteiger partial charge in [-0.1, -0.05) is 35.3 Å². The number of nitrogens with two attached hydrogens (primary N) is 1. The maximum Gasteiger partial charge on any atom is 0.264 e. The Morgan fingerprint density at radius 1 is 1.24 bits per heavy atom. The molecule has 1 fully saturated rings. The maximum atomic E-state index is 13.6. The van der Waals surface area contributed by atoms with E-state index in [1.54, 1.807) is 37.3 Å². The highest BCUT2D eigenvalue weighted by Gasteiger charge is 2.28. The zero-order valence-corrected chi connectivity index (χ0v) is 19.1. The largest absolute Gasteiger partial charge is 0.399 e. The van der Waals surface area contributed by atoms with Crippen molar-refractivity contribution >= 4 is 45.0 Å². The number of amides is 1. The Bertz CT molecular complexity index is 1420. The van der Waals surface area contributed by atoms with E-state index in [1.807, 2.05) is 16.7 Å². The van der Waals surface area contributed by atoms with Gasteiger partial charge in [-0.25, -0.2) is 0 Å². The van der Waals surface area contributed by atoms with E-state index in [0.29, 0.717) is 39.5 Å². The summed E-state index contributed by atoms with van der Waals surface area (Å²) >= 11 is 6.54. The van der Waals surface area contributed by atoms with Crippen molar-refractivity contribution in [1.82, 2.24) is 15.0 Å². The molecule has 0 bridgehead atoms. The molecular weight excluding hydrogens is 440 g/mol. The summed E-state index contributed by atoms with van der Waals surface area (Å²) in [4.78, 5) is 26.1. The molecule has 0 spiro atoms. The quantitative estimate of drug-likeness (QED) is 0.420. The van der Waals surface area contributed by atoms with Crippen LogP contribution in [0, 0.1) is 12.8 Å². The van der Waals surface area contributed by atoms with Crippen LogP contribution in [0.1, 0.15) is 47.8 Å². The molecule has 3 N–H and O–H groups in total. The van der Waals surface area contributed by atoms with Gasteiger partial charge >= 0.3 is 0 Å². The van der Waals surface area contributed by atoms with E-state index >= 15 is 0 Å². The second kappa shape index (κ2) is 8.56. The SMILES string of the molecule is Cc1onc2c1c(=O)n(C1CCCC(CNC(=O)c3cccc(N)c3)C1)c1cccc(Cl)c21. The van der Waals surface area contributed by atoms with Crippen molar-refractivity contribution in [1.29, 1.82) is 0 Å². The number of benzene rings is 2. The van der Waals surface area contributed by atoms with Crippen LogP contribution >= 0.6 is 11.6 Å². The monoisotopic (exact) mass is 464 g/mol. The smallest absolute Gasteiger partial charge is 0.264 e. The minimum absolute atomic E-state index is 0.000174. The molecule has 1 aliphatic rings. The predicted octanol–water partition coefficient (Wildman–Crippen LogP) is 4.85. The molecule has 4 aromatic rings. The minimum Gasteiger partial charge on any atom is -0.399 e. The van der Waals surface area contributed by atoms with Gasteiger partial charge in [0.15, 0.2) is 0 Å². The van der Waals surface area contributed by atoms with Crippen LogP contribution in [0.15, 0.2) is 51.8 Å². The average molecular weight is 465 g/mol. The highest BCUT2D eigenvalue weighted by Crippen LogP contribution is 2.36. The number of aromatic nitrogens is 2. The summed E-state index contributed by atoms with van der Waals surface area (Å²) in [5, 5.41) is 8.92. The van der Waals surface area contributed by atoms with E-state index in [-0.39, 0.29) is 23.4 Å². The Balaban J connectivity index is 1.45. The number of nitrogens with one attached hydrogen (secondary N) is 1. The third kappa shape index (κ3) is 3.86. The molecular formula is C25H25ClN4O3. The molecule has 8 heteroatoms. The molecule has 2 unspecified atom stereocenters. The second-order valence-corrected chi connectivity index (χ2v) is 9.20. The van der Waals surface area contributed by atoms with E-state index in [1.165, 1.54) is 0 Å². The van der Waals surface area contributed by atoms with Gasteiger partial charge in [-0.15, -0.1) is 0 Å². The second-order valence-electron chi connectivity index (χ2n) is 8.79. The molecule has 0 saturated heterocycles. The number of nitrogens with zero attached hydrogens (tertiary/aromatic N) is 2. The number of fused-ring (bicyclic) bond motifs is 3. The van der Waals surface area contributed by atoms with Crippen LogP contribution < -0.4 is 16.6 Å². The number of hydrogen-bond acceptors (Lipinski definition) is 5. The minimum atomic E-state index is -0.139. The molecule has 2 aromatic carbocycles. The summed E-state index contributed by atoms with van der Waals surface area (Å²) in [5.74, 6) is 0.613. The molecule has 170 valence electrons. The standard InChI is InChI=1S/C25H25ClN4O3/c1-14-21-23(29-33-14)22-19(26)9-4-10-20(22)30(25(21)32)18-8-2-5-15(11-18)13-28-24(31)16-6-3-7-17(27)12-16/h3-4,6-7,9-10,12,15,18H,2,5,8,11,13,27H2,1H3,(H,28,31). The zero-order valence-electron chi connectivity index (χ0n) is 18.3. The Kier molecular flexibility index (Phi) is 5.58. The molecule has 7 nitrogen and oxygen atoms in total. The van der Waals surface area contributed by atoms with Crippen molar-refractivity contribution < 1.29 is 9.32 Å². The number of anilines is 1. The first-order valence-electron chi connectivity index (χ1n) is 11.2. The van der Waals surface area contributed by atoms with E-state index in [4.69, 9.17) is 21.9 Å². The number of rotatable bonds is 4. The summed E-state index contributed by atoms with van der Waals surface area (Å²) in [5.41, 5.74) is 8.08. The van der Waals surface area contributed by atoms with Crippen LogP contribution in [-0.4, -0.2) is 22.2 Å². The van der Waals surface area contributed by atoms with Crippen LogP contribution in [0.25, 0.3) is 21.8 Å². The van der Waals surface area contributed by atoms with Gasteiger partial charge in [0, 0.05) is 29.2 Å². The number of aryl methyl sites for hydroxylation is 1. The van der Waals surface area contributed by atoms with Crippen molar-refractivity contribution in [3.63, 3.8) is 0 Å². The third-order valence-corrected chi connectivity index (χ3v) is 6.92. The van der Waals surface area contributed by atoms with Crippen molar-refractivity contribution in [2.24, 2.45) is 5.92 Å². The van der Waals surface area contributed by atoms with Gasteiger partial charge in [0.05, 0.1) is 10.5 Å². The fraction of sp³-hybridized carbons (Fsp3) is 0.320. The molecule has 2 atom stereocenters. The van der Waals surface area contributed by atoms with Crippen LogP contribution in [0.2, 0.25) is 5.02 Å². The Morgan fingerprint density at radius 2 is 2.06 bits per heavy atom. The van der Waals surface area contributed by atoms with Gasteiger partial charge < -0.3 is 20.1 Å². The van der Waals surface area contributed by atoms with Crippen LogP contribution in [-0.2, 0) is 0 Å². The van der Waals surface area contributed by atoms with Crippen molar-refractivity contribution in [3.8, 4) is 0 Å². The van der Waals surface area contributed by atoms with Gasteiger partial charge in [-0.05, 0) is 62.4 Å². The number of carbonyl (C=O) groups is 1. The summed E-state index contributed by atoms with van der Waals surface area (Å²) < 4.78 is 7.22.